The van der Waals surface area contributed by atoms with E-state index in [1.807, 2.05) is 6.07 Å². The summed E-state index contributed by atoms with van der Waals surface area (Å²) >= 11 is 5.86. The first-order chi connectivity index (χ1) is 13.5. The van der Waals surface area contributed by atoms with Crippen LogP contribution in [-0.4, -0.2) is 35.4 Å². The van der Waals surface area contributed by atoms with Gasteiger partial charge in [-0.05, 0) is 42.5 Å². The van der Waals surface area contributed by atoms with Crippen molar-refractivity contribution < 1.29 is 14.3 Å². The Kier molecular flexibility index (Phi) is 4.70. The van der Waals surface area contributed by atoms with Crippen molar-refractivity contribution in [1.29, 1.82) is 5.26 Å². The maximum atomic E-state index is 12.6. The van der Waals surface area contributed by atoms with Crippen LogP contribution in [0.1, 0.15) is 35.2 Å². The number of benzene rings is 2. The van der Waals surface area contributed by atoms with Crippen LogP contribution in [0.25, 0.3) is 0 Å². The molecule has 28 heavy (non-hydrogen) atoms. The Morgan fingerprint density at radius 1 is 1.18 bits per heavy atom. The molecule has 0 unspecified atom stereocenters. The maximum absolute atomic E-state index is 12.6. The number of ketones is 1. The number of urea groups is 1. The lowest BCUT2D eigenvalue weighted by Gasteiger charge is -2.43. The molecule has 0 aliphatic carbocycles. The van der Waals surface area contributed by atoms with E-state index in [9.17, 15) is 9.59 Å². The summed E-state index contributed by atoms with van der Waals surface area (Å²) in [4.78, 5) is 26.8. The Labute approximate surface area is 167 Å². The van der Waals surface area contributed by atoms with E-state index < -0.39 is 5.60 Å². The van der Waals surface area contributed by atoms with Gasteiger partial charge in [0, 0.05) is 36.6 Å². The molecule has 1 N–H and O–H groups in total. The van der Waals surface area contributed by atoms with Crippen molar-refractivity contribution in [2.45, 2.75) is 24.9 Å². The monoisotopic (exact) mass is 395 g/mol. The number of fused-ring (bicyclic) bond motifs is 1. The first kappa shape index (κ1) is 18.3. The number of carbonyl (C=O) groups is 2. The van der Waals surface area contributed by atoms with Crippen LogP contribution in [0.2, 0.25) is 5.02 Å². The third-order valence-corrected chi connectivity index (χ3v) is 5.53. The zero-order chi connectivity index (χ0) is 19.7. The average molecular weight is 396 g/mol. The van der Waals surface area contributed by atoms with Crippen LogP contribution in [-0.2, 0) is 0 Å². The van der Waals surface area contributed by atoms with Gasteiger partial charge in [0.05, 0.1) is 23.6 Å². The highest BCUT2D eigenvalue weighted by Crippen LogP contribution is 2.39. The number of hydrogen-bond donors (Lipinski definition) is 1. The largest absolute Gasteiger partial charge is 0.486 e. The highest BCUT2D eigenvalue weighted by molar-refractivity contribution is 6.30. The molecule has 0 radical (unpaired) electrons. The molecule has 142 valence electrons. The topological polar surface area (TPSA) is 82.4 Å². The summed E-state index contributed by atoms with van der Waals surface area (Å²) in [5.41, 5.74) is 1.00. The molecule has 2 heterocycles. The van der Waals surface area contributed by atoms with Gasteiger partial charge in [0.15, 0.2) is 5.78 Å². The molecule has 0 saturated carbocycles. The molecule has 6 nitrogen and oxygen atoms in total. The minimum atomic E-state index is -0.588. The zero-order valence-corrected chi connectivity index (χ0v) is 15.8. The van der Waals surface area contributed by atoms with E-state index in [0.717, 1.165) is 0 Å². The summed E-state index contributed by atoms with van der Waals surface area (Å²) in [5, 5.41) is 12.5. The molecule has 0 atom stereocenters. The lowest BCUT2D eigenvalue weighted by atomic mass is 9.82. The number of anilines is 1. The molecule has 0 aromatic heterocycles. The Hall–Kier alpha value is -3.04. The first-order valence-electron chi connectivity index (χ1n) is 9.06. The molecular weight excluding hydrogens is 378 g/mol. The summed E-state index contributed by atoms with van der Waals surface area (Å²) in [5.74, 6) is 0.506. The first-order valence-corrected chi connectivity index (χ1v) is 9.44. The number of nitrogens with one attached hydrogen (secondary N) is 1. The third kappa shape index (κ3) is 3.54. The van der Waals surface area contributed by atoms with Crippen LogP contribution in [0.5, 0.6) is 5.75 Å². The van der Waals surface area contributed by atoms with Crippen LogP contribution in [0.4, 0.5) is 10.5 Å². The number of piperidine rings is 1. The van der Waals surface area contributed by atoms with Crippen molar-refractivity contribution >= 4 is 29.1 Å². The zero-order valence-electron chi connectivity index (χ0n) is 15.1. The van der Waals surface area contributed by atoms with E-state index in [-0.39, 0.29) is 18.2 Å². The van der Waals surface area contributed by atoms with Gasteiger partial charge in [-0.1, -0.05) is 11.6 Å². The SMILES string of the molecule is N#Cc1ccc2c(c1)C(=O)CC1(CCN(C(=O)Nc3ccc(Cl)cc3)CC1)O2. The van der Waals surface area contributed by atoms with Crippen molar-refractivity contribution in [3.05, 3.63) is 58.6 Å². The van der Waals surface area contributed by atoms with Crippen LogP contribution >= 0.6 is 11.6 Å². The van der Waals surface area contributed by atoms with Crippen LogP contribution in [0.3, 0.4) is 0 Å². The van der Waals surface area contributed by atoms with E-state index in [2.05, 4.69) is 5.32 Å². The fraction of sp³-hybridized carbons (Fsp3) is 0.286. The number of nitriles is 1. The van der Waals surface area contributed by atoms with Gasteiger partial charge in [0.2, 0.25) is 0 Å². The second-order valence-electron chi connectivity index (χ2n) is 7.13. The number of rotatable bonds is 1. The normalized spacial score (nSPS) is 17.4. The Morgan fingerprint density at radius 3 is 2.57 bits per heavy atom. The number of carbonyl (C=O) groups excluding carboxylic acids is 2. The average Bonchev–Trinajstić information content (AvgIpc) is 2.70. The van der Waals surface area contributed by atoms with Crippen molar-refractivity contribution in [2.24, 2.45) is 0 Å². The predicted molar refractivity (Wildman–Crippen MR) is 105 cm³/mol. The van der Waals surface area contributed by atoms with E-state index in [1.54, 1.807) is 47.4 Å². The summed E-state index contributed by atoms with van der Waals surface area (Å²) < 4.78 is 6.19. The fourth-order valence-corrected chi connectivity index (χ4v) is 3.82. The quantitative estimate of drug-likeness (QED) is 0.782. The summed E-state index contributed by atoms with van der Waals surface area (Å²) in [7, 11) is 0. The molecule has 0 bridgehead atoms. The number of halogens is 1. The van der Waals surface area contributed by atoms with Gasteiger partial charge in [0.1, 0.15) is 11.4 Å². The van der Waals surface area contributed by atoms with Crippen LogP contribution in [0, 0.1) is 11.3 Å². The Balaban J connectivity index is 1.42. The minimum Gasteiger partial charge on any atom is -0.486 e. The molecule has 1 fully saturated rings. The standard InChI is InChI=1S/C21H18ClN3O3/c22-15-2-4-16(5-3-15)24-20(27)25-9-7-21(8-10-25)12-18(26)17-11-14(13-23)1-6-19(17)28-21/h1-6,11H,7-10,12H2,(H,24,27). The van der Waals surface area contributed by atoms with Crippen molar-refractivity contribution in [3.63, 3.8) is 0 Å². The Bertz CT molecular complexity index is 973. The molecular formula is C21H18ClN3O3. The number of Topliss-reactive ketones (excluding diaryl/α,β-unsaturated/α-hetero) is 1. The number of ether oxygens (including phenoxy) is 1. The molecule has 1 saturated heterocycles. The van der Waals surface area contributed by atoms with Crippen LogP contribution < -0.4 is 10.1 Å². The van der Waals surface area contributed by atoms with E-state index in [4.69, 9.17) is 21.6 Å². The molecule has 2 aliphatic heterocycles. The number of likely N-dealkylation sites (tertiary alicyclic amines) is 1. The van der Waals surface area contributed by atoms with Crippen molar-refractivity contribution in [2.75, 3.05) is 18.4 Å². The van der Waals surface area contributed by atoms with Crippen LogP contribution in [0.15, 0.2) is 42.5 Å². The molecule has 2 aromatic carbocycles. The van der Waals surface area contributed by atoms with Gasteiger partial charge in [0.25, 0.3) is 0 Å². The number of nitrogens with zero attached hydrogens (tertiary/aromatic N) is 2. The van der Waals surface area contributed by atoms with Crippen molar-refractivity contribution in [3.8, 4) is 11.8 Å². The lowest BCUT2D eigenvalue weighted by molar-refractivity contribution is 0.000380. The van der Waals surface area contributed by atoms with E-state index in [1.165, 1.54) is 0 Å². The van der Waals surface area contributed by atoms with Gasteiger partial charge < -0.3 is 15.0 Å². The maximum Gasteiger partial charge on any atom is 0.321 e. The molecule has 2 amide bonds. The fourth-order valence-electron chi connectivity index (χ4n) is 3.70. The van der Waals surface area contributed by atoms with Crippen molar-refractivity contribution in [1.82, 2.24) is 4.90 Å². The lowest BCUT2D eigenvalue weighted by Crippen LogP contribution is -2.53. The second-order valence-corrected chi connectivity index (χ2v) is 7.57. The third-order valence-electron chi connectivity index (χ3n) is 5.28. The van der Waals surface area contributed by atoms with Gasteiger partial charge in [-0.25, -0.2) is 4.79 Å². The highest BCUT2D eigenvalue weighted by atomic mass is 35.5. The summed E-state index contributed by atoms with van der Waals surface area (Å²) in [6.07, 6.45) is 1.42. The number of amides is 2. The van der Waals surface area contributed by atoms with Gasteiger partial charge >= 0.3 is 6.03 Å². The Morgan fingerprint density at radius 2 is 1.89 bits per heavy atom. The molecule has 2 aliphatic rings. The smallest absolute Gasteiger partial charge is 0.321 e. The molecule has 4 rings (SSSR count). The summed E-state index contributed by atoms with van der Waals surface area (Å²) in [6.45, 7) is 0.997. The molecule has 1 spiro atoms. The molecule has 7 heteroatoms. The van der Waals surface area contributed by atoms with Gasteiger partial charge in [-0.3, -0.25) is 4.79 Å². The minimum absolute atomic E-state index is 0.0163. The number of hydrogen-bond acceptors (Lipinski definition) is 4. The van der Waals surface area contributed by atoms with Gasteiger partial charge in [-0.2, -0.15) is 5.26 Å². The summed E-state index contributed by atoms with van der Waals surface area (Å²) in [6, 6.07) is 13.7. The van der Waals surface area contributed by atoms with E-state index >= 15 is 0 Å². The predicted octanol–water partition coefficient (Wildman–Crippen LogP) is 4.24. The van der Waals surface area contributed by atoms with Gasteiger partial charge in [-0.15, -0.1) is 0 Å². The highest BCUT2D eigenvalue weighted by Gasteiger charge is 2.43. The van der Waals surface area contributed by atoms with E-state index in [0.29, 0.717) is 53.5 Å². The molecule has 2 aromatic rings. The second kappa shape index (κ2) is 7.17.